The molecule has 1 saturated carbocycles. The van der Waals surface area contributed by atoms with Crippen molar-refractivity contribution in [3.63, 3.8) is 0 Å². The fraction of sp³-hybridized carbons (Fsp3) is 0.667. The zero-order valence-electron chi connectivity index (χ0n) is 13.8. The van der Waals surface area contributed by atoms with Crippen LogP contribution in [0.3, 0.4) is 0 Å². The number of halogens is 1. The van der Waals surface area contributed by atoms with Crippen molar-refractivity contribution in [1.82, 2.24) is 5.32 Å². The normalized spacial score (nSPS) is 15.0. The molecule has 1 aliphatic rings. The first-order chi connectivity index (χ1) is 9.97. The van der Waals surface area contributed by atoms with Crippen LogP contribution < -0.4 is 10.2 Å². The molecule has 0 heterocycles. The van der Waals surface area contributed by atoms with Crippen molar-refractivity contribution < 1.29 is 0 Å². The summed E-state index contributed by atoms with van der Waals surface area (Å²) in [4.78, 5) is 2.55. The van der Waals surface area contributed by atoms with Gasteiger partial charge in [0, 0.05) is 35.9 Å². The highest BCUT2D eigenvalue weighted by Gasteiger charge is 2.29. The average molecular weight is 309 g/mol. The fourth-order valence-electron chi connectivity index (χ4n) is 2.48. The van der Waals surface area contributed by atoms with Crippen molar-refractivity contribution in [3.05, 3.63) is 28.8 Å². The molecule has 2 rings (SSSR count). The van der Waals surface area contributed by atoms with Crippen LogP contribution in [0.2, 0.25) is 5.02 Å². The lowest BCUT2D eigenvalue weighted by Gasteiger charge is -2.26. The van der Waals surface area contributed by atoms with Crippen LogP contribution in [-0.4, -0.2) is 18.6 Å². The number of benzene rings is 1. The van der Waals surface area contributed by atoms with Gasteiger partial charge in [0.05, 0.1) is 0 Å². The molecule has 21 heavy (non-hydrogen) atoms. The molecule has 0 saturated heterocycles. The van der Waals surface area contributed by atoms with E-state index in [-0.39, 0.29) is 0 Å². The lowest BCUT2D eigenvalue weighted by atomic mass is 10.1. The van der Waals surface area contributed by atoms with Gasteiger partial charge < -0.3 is 10.2 Å². The number of hydrogen-bond acceptors (Lipinski definition) is 2. The summed E-state index contributed by atoms with van der Waals surface area (Å²) in [5.41, 5.74) is 2.48. The molecule has 0 radical (unpaired) electrons. The summed E-state index contributed by atoms with van der Waals surface area (Å²) in [5, 5.41) is 4.31. The number of anilines is 1. The van der Waals surface area contributed by atoms with Crippen molar-refractivity contribution in [2.45, 2.75) is 65.6 Å². The summed E-state index contributed by atoms with van der Waals surface area (Å²) in [6.07, 6.45) is 3.89. The molecule has 0 atom stereocenters. The summed E-state index contributed by atoms with van der Waals surface area (Å²) in [5.74, 6) is 0.747. The summed E-state index contributed by atoms with van der Waals surface area (Å²) >= 11 is 6.48. The zero-order chi connectivity index (χ0) is 15.4. The minimum absolute atomic E-state index is 0.481. The summed E-state index contributed by atoms with van der Waals surface area (Å²) in [7, 11) is 0. The Bertz CT molecular complexity index is 453. The molecule has 0 aromatic heterocycles. The second kappa shape index (κ2) is 7.51. The smallest absolute Gasteiger partial charge is 0.0471 e. The molecule has 1 fully saturated rings. The van der Waals surface area contributed by atoms with E-state index in [1.807, 2.05) is 0 Å². The van der Waals surface area contributed by atoms with Crippen molar-refractivity contribution in [3.8, 4) is 0 Å². The van der Waals surface area contributed by atoms with Crippen LogP contribution in [0.15, 0.2) is 18.2 Å². The van der Waals surface area contributed by atoms with Crippen molar-refractivity contribution in [2.75, 3.05) is 11.4 Å². The van der Waals surface area contributed by atoms with E-state index in [4.69, 9.17) is 11.6 Å². The molecular formula is C18H29ClN2. The lowest BCUT2D eigenvalue weighted by molar-refractivity contribution is 0.570. The second-order valence-corrected chi connectivity index (χ2v) is 7.33. The molecule has 118 valence electrons. The topological polar surface area (TPSA) is 15.3 Å². The number of nitrogens with one attached hydrogen (secondary N) is 1. The predicted octanol–water partition coefficient (Wildman–Crippen LogP) is 4.85. The van der Waals surface area contributed by atoms with Crippen LogP contribution >= 0.6 is 11.6 Å². The molecule has 0 amide bonds. The van der Waals surface area contributed by atoms with Crippen molar-refractivity contribution in [1.29, 1.82) is 0 Å². The summed E-state index contributed by atoms with van der Waals surface area (Å²) in [6, 6.07) is 7.78. The largest absolute Gasteiger partial charge is 0.368 e. The lowest BCUT2D eigenvalue weighted by Crippen LogP contribution is -2.28. The van der Waals surface area contributed by atoms with Gasteiger partial charge in [-0.2, -0.15) is 0 Å². The minimum Gasteiger partial charge on any atom is -0.368 e. The zero-order valence-corrected chi connectivity index (χ0v) is 14.6. The molecule has 0 spiro atoms. The first-order valence-corrected chi connectivity index (χ1v) is 8.63. The molecule has 1 aromatic carbocycles. The van der Waals surface area contributed by atoms with Crippen LogP contribution in [0.25, 0.3) is 0 Å². The van der Waals surface area contributed by atoms with Gasteiger partial charge in [-0.15, -0.1) is 0 Å². The first kappa shape index (κ1) is 16.6. The van der Waals surface area contributed by atoms with E-state index in [1.54, 1.807) is 0 Å². The highest BCUT2D eigenvalue weighted by atomic mass is 35.5. The van der Waals surface area contributed by atoms with E-state index in [1.165, 1.54) is 30.5 Å². The Balaban J connectivity index is 2.05. The Morgan fingerprint density at radius 1 is 1.24 bits per heavy atom. The van der Waals surface area contributed by atoms with Gasteiger partial charge in [0.15, 0.2) is 0 Å². The van der Waals surface area contributed by atoms with Gasteiger partial charge in [0.25, 0.3) is 0 Å². The maximum Gasteiger partial charge on any atom is 0.0471 e. The van der Waals surface area contributed by atoms with E-state index in [2.05, 4.69) is 56.1 Å². The average Bonchev–Trinajstić information content (AvgIpc) is 3.22. The van der Waals surface area contributed by atoms with Gasteiger partial charge in [-0.1, -0.05) is 45.4 Å². The number of nitrogens with zero attached hydrogens (tertiary/aromatic N) is 1. The molecule has 0 unspecified atom stereocenters. The molecule has 1 N–H and O–H groups in total. The Labute approximate surface area is 134 Å². The van der Waals surface area contributed by atoms with Crippen LogP contribution in [0, 0.1) is 5.92 Å². The quantitative estimate of drug-likeness (QED) is 0.738. The van der Waals surface area contributed by atoms with Crippen LogP contribution in [0.4, 0.5) is 5.69 Å². The standard InChI is InChI=1S/C18H29ClN2/c1-13(2)9-10-21(16-7-8-16)17-6-5-15(18(19)11-17)12-20-14(3)4/h5-6,11,13-14,16,20H,7-10,12H2,1-4H3. The molecule has 3 heteroatoms. The third kappa shape index (κ3) is 5.19. The van der Waals surface area contributed by atoms with Crippen LogP contribution in [0.1, 0.15) is 52.5 Å². The molecule has 2 nitrogen and oxygen atoms in total. The SMILES string of the molecule is CC(C)CCN(c1ccc(CNC(C)C)c(Cl)c1)C1CC1. The van der Waals surface area contributed by atoms with E-state index >= 15 is 0 Å². The van der Waals surface area contributed by atoms with E-state index in [0.29, 0.717) is 6.04 Å². The van der Waals surface area contributed by atoms with Gasteiger partial charge in [-0.05, 0) is 42.9 Å². The third-order valence-electron chi connectivity index (χ3n) is 4.00. The number of rotatable bonds is 8. The molecule has 1 aromatic rings. The summed E-state index contributed by atoms with van der Waals surface area (Å²) in [6.45, 7) is 10.9. The minimum atomic E-state index is 0.481. The molecule has 0 aliphatic heterocycles. The van der Waals surface area contributed by atoms with Gasteiger partial charge >= 0.3 is 0 Å². The molecule has 0 bridgehead atoms. The maximum atomic E-state index is 6.48. The molecular weight excluding hydrogens is 280 g/mol. The monoisotopic (exact) mass is 308 g/mol. The first-order valence-electron chi connectivity index (χ1n) is 8.25. The van der Waals surface area contributed by atoms with Crippen LogP contribution in [-0.2, 0) is 6.54 Å². The highest BCUT2D eigenvalue weighted by Crippen LogP contribution is 2.34. The Hall–Kier alpha value is -0.730. The third-order valence-corrected chi connectivity index (χ3v) is 4.36. The Morgan fingerprint density at radius 2 is 1.95 bits per heavy atom. The van der Waals surface area contributed by atoms with E-state index in [0.717, 1.165) is 30.1 Å². The number of hydrogen-bond donors (Lipinski definition) is 1. The van der Waals surface area contributed by atoms with Crippen molar-refractivity contribution >= 4 is 17.3 Å². The van der Waals surface area contributed by atoms with Gasteiger partial charge in [0.1, 0.15) is 0 Å². The Kier molecular flexibility index (Phi) is 5.95. The fourth-order valence-corrected chi connectivity index (χ4v) is 2.72. The second-order valence-electron chi connectivity index (χ2n) is 6.92. The van der Waals surface area contributed by atoms with Crippen LogP contribution in [0.5, 0.6) is 0 Å². The van der Waals surface area contributed by atoms with E-state index < -0.39 is 0 Å². The maximum absolute atomic E-state index is 6.48. The predicted molar refractivity (Wildman–Crippen MR) is 93.3 cm³/mol. The Morgan fingerprint density at radius 3 is 2.48 bits per heavy atom. The van der Waals surface area contributed by atoms with Gasteiger partial charge in [-0.3, -0.25) is 0 Å². The van der Waals surface area contributed by atoms with Gasteiger partial charge in [0.2, 0.25) is 0 Å². The van der Waals surface area contributed by atoms with Gasteiger partial charge in [-0.25, -0.2) is 0 Å². The summed E-state index contributed by atoms with van der Waals surface area (Å²) < 4.78 is 0. The van der Waals surface area contributed by atoms with Crippen molar-refractivity contribution in [2.24, 2.45) is 5.92 Å². The van der Waals surface area contributed by atoms with E-state index in [9.17, 15) is 0 Å². The highest BCUT2D eigenvalue weighted by molar-refractivity contribution is 6.31. The molecule has 1 aliphatic carbocycles.